The number of carboxylic acid groups (broad SMARTS) is 1. The van der Waals surface area contributed by atoms with Crippen LogP contribution in [-0.2, 0) is 9.59 Å². The molecule has 0 atom stereocenters. The number of allylic oxidation sites excluding steroid dienone is 1. The molecule has 3 heteroatoms. The SMILES string of the molecule is CC1(C=CC(=O)O)CCC(=O)CC1. The highest BCUT2D eigenvalue weighted by Gasteiger charge is 2.27. The molecule has 0 spiro atoms. The maximum Gasteiger partial charge on any atom is 0.327 e. The molecule has 0 bridgehead atoms. The second-order valence-corrected chi connectivity index (χ2v) is 3.86. The van der Waals surface area contributed by atoms with Crippen molar-refractivity contribution in [3.63, 3.8) is 0 Å². The van der Waals surface area contributed by atoms with Gasteiger partial charge in [-0.2, -0.15) is 0 Å². The van der Waals surface area contributed by atoms with Crippen LogP contribution in [0.2, 0.25) is 0 Å². The van der Waals surface area contributed by atoms with Crippen molar-refractivity contribution in [2.75, 3.05) is 0 Å². The number of aliphatic carboxylic acids is 1. The molecule has 1 fully saturated rings. The predicted molar refractivity (Wildman–Crippen MR) is 48.4 cm³/mol. The van der Waals surface area contributed by atoms with Crippen LogP contribution in [0.5, 0.6) is 0 Å². The number of rotatable bonds is 2. The third kappa shape index (κ3) is 3.01. The van der Waals surface area contributed by atoms with Crippen LogP contribution in [0.25, 0.3) is 0 Å². The first-order chi connectivity index (χ1) is 6.02. The molecule has 0 aromatic carbocycles. The van der Waals surface area contributed by atoms with E-state index in [1.165, 1.54) is 6.08 Å². The van der Waals surface area contributed by atoms with Gasteiger partial charge in [0.25, 0.3) is 0 Å². The Morgan fingerprint density at radius 2 is 2.00 bits per heavy atom. The van der Waals surface area contributed by atoms with Crippen LogP contribution in [0.15, 0.2) is 12.2 Å². The topological polar surface area (TPSA) is 54.4 Å². The highest BCUT2D eigenvalue weighted by atomic mass is 16.4. The monoisotopic (exact) mass is 182 g/mol. The molecule has 3 nitrogen and oxygen atoms in total. The quantitative estimate of drug-likeness (QED) is 0.662. The zero-order valence-electron chi connectivity index (χ0n) is 7.75. The molecule has 1 saturated carbocycles. The van der Waals surface area contributed by atoms with Crippen molar-refractivity contribution < 1.29 is 14.7 Å². The maximum absolute atomic E-state index is 10.9. The van der Waals surface area contributed by atoms with E-state index in [2.05, 4.69) is 0 Å². The van der Waals surface area contributed by atoms with E-state index in [-0.39, 0.29) is 5.41 Å². The minimum absolute atomic E-state index is 0.0910. The van der Waals surface area contributed by atoms with E-state index < -0.39 is 5.97 Å². The van der Waals surface area contributed by atoms with Gasteiger partial charge in [-0.1, -0.05) is 13.0 Å². The smallest absolute Gasteiger partial charge is 0.327 e. The van der Waals surface area contributed by atoms with E-state index in [9.17, 15) is 9.59 Å². The fourth-order valence-electron chi connectivity index (χ4n) is 1.54. The lowest BCUT2D eigenvalue weighted by molar-refractivity contribution is -0.131. The summed E-state index contributed by atoms with van der Waals surface area (Å²) in [7, 11) is 0. The first-order valence-electron chi connectivity index (χ1n) is 4.46. The van der Waals surface area contributed by atoms with Crippen molar-refractivity contribution in [2.24, 2.45) is 5.41 Å². The summed E-state index contributed by atoms with van der Waals surface area (Å²) in [5, 5.41) is 8.46. The third-order valence-electron chi connectivity index (χ3n) is 2.58. The molecular weight excluding hydrogens is 168 g/mol. The molecule has 0 aromatic rings. The van der Waals surface area contributed by atoms with Crippen molar-refractivity contribution >= 4 is 11.8 Å². The summed E-state index contributed by atoms with van der Waals surface area (Å²) >= 11 is 0. The molecule has 0 aliphatic heterocycles. The van der Waals surface area contributed by atoms with Gasteiger partial charge in [-0.05, 0) is 18.3 Å². The van der Waals surface area contributed by atoms with Gasteiger partial charge in [0.1, 0.15) is 5.78 Å². The zero-order chi connectivity index (χ0) is 9.90. The van der Waals surface area contributed by atoms with E-state index in [1.807, 2.05) is 6.92 Å². The van der Waals surface area contributed by atoms with Crippen molar-refractivity contribution in [2.45, 2.75) is 32.6 Å². The highest BCUT2D eigenvalue weighted by Crippen LogP contribution is 2.35. The predicted octanol–water partition coefficient (Wildman–Crippen LogP) is 1.78. The second-order valence-electron chi connectivity index (χ2n) is 3.86. The van der Waals surface area contributed by atoms with E-state index in [0.717, 1.165) is 12.8 Å². The van der Waals surface area contributed by atoms with Gasteiger partial charge in [0.05, 0.1) is 0 Å². The molecule has 0 radical (unpaired) electrons. The summed E-state index contributed by atoms with van der Waals surface area (Å²) in [6, 6.07) is 0. The molecule has 72 valence electrons. The Bertz CT molecular complexity index is 243. The Kier molecular flexibility index (Phi) is 2.86. The summed E-state index contributed by atoms with van der Waals surface area (Å²) in [6.45, 7) is 2.00. The van der Waals surface area contributed by atoms with Gasteiger partial charge < -0.3 is 5.11 Å². The summed E-state index contributed by atoms with van der Waals surface area (Å²) < 4.78 is 0. The minimum atomic E-state index is -0.918. The van der Waals surface area contributed by atoms with Crippen LogP contribution >= 0.6 is 0 Å². The first kappa shape index (κ1) is 9.96. The van der Waals surface area contributed by atoms with Crippen LogP contribution < -0.4 is 0 Å². The standard InChI is InChI=1S/C10H14O3/c1-10(7-4-9(12)13)5-2-8(11)3-6-10/h4,7H,2-3,5-6H2,1H3,(H,12,13). The van der Waals surface area contributed by atoms with E-state index in [4.69, 9.17) is 5.11 Å². The number of ketones is 1. The summed E-state index contributed by atoms with van der Waals surface area (Å²) in [5.41, 5.74) is -0.0910. The molecule has 1 aliphatic carbocycles. The average molecular weight is 182 g/mol. The Morgan fingerprint density at radius 1 is 1.46 bits per heavy atom. The number of carbonyl (C=O) groups is 2. The number of hydrogen-bond acceptors (Lipinski definition) is 2. The van der Waals surface area contributed by atoms with Gasteiger partial charge in [-0.25, -0.2) is 4.79 Å². The summed E-state index contributed by atoms with van der Waals surface area (Å²) in [4.78, 5) is 21.2. The molecule has 1 N–H and O–H groups in total. The average Bonchev–Trinajstić information content (AvgIpc) is 2.08. The Labute approximate surface area is 77.4 Å². The molecule has 1 rings (SSSR count). The molecule has 0 amide bonds. The largest absolute Gasteiger partial charge is 0.478 e. The molecular formula is C10H14O3. The number of carboxylic acids is 1. The molecule has 0 saturated heterocycles. The van der Waals surface area contributed by atoms with Crippen LogP contribution in [-0.4, -0.2) is 16.9 Å². The van der Waals surface area contributed by atoms with Crippen LogP contribution in [0.1, 0.15) is 32.6 Å². The van der Waals surface area contributed by atoms with Crippen LogP contribution in [0.3, 0.4) is 0 Å². The Hall–Kier alpha value is -1.12. The van der Waals surface area contributed by atoms with Gasteiger partial charge in [0, 0.05) is 18.9 Å². The molecule has 0 unspecified atom stereocenters. The van der Waals surface area contributed by atoms with Gasteiger partial charge >= 0.3 is 5.97 Å². The fraction of sp³-hybridized carbons (Fsp3) is 0.600. The summed E-state index contributed by atoms with van der Waals surface area (Å²) in [5.74, 6) is -0.626. The molecule has 13 heavy (non-hydrogen) atoms. The normalized spacial score (nSPS) is 22.1. The fourth-order valence-corrected chi connectivity index (χ4v) is 1.54. The Balaban J connectivity index is 2.57. The first-order valence-corrected chi connectivity index (χ1v) is 4.46. The molecule has 0 aromatic heterocycles. The van der Waals surface area contributed by atoms with Gasteiger partial charge in [-0.15, -0.1) is 0 Å². The maximum atomic E-state index is 10.9. The molecule has 0 heterocycles. The number of hydrogen-bond donors (Lipinski definition) is 1. The lowest BCUT2D eigenvalue weighted by Gasteiger charge is -2.29. The third-order valence-corrected chi connectivity index (χ3v) is 2.58. The van der Waals surface area contributed by atoms with Gasteiger partial charge in [0.15, 0.2) is 0 Å². The minimum Gasteiger partial charge on any atom is -0.478 e. The zero-order valence-corrected chi connectivity index (χ0v) is 7.75. The van der Waals surface area contributed by atoms with Crippen molar-refractivity contribution in [3.05, 3.63) is 12.2 Å². The van der Waals surface area contributed by atoms with Crippen molar-refractivity contribution in [1.82, 2.24) is 0 Å². The Morgan fingerprint density at radius 3 is 2.46 bits per heavy atom. The highest BCUT2D eigenvalue weighted by molar-refractivity contribution is 5.81. The number of Topliss-reactive ketones (excluding diaryl/α,β-unsaturated/α-hetero) is 1. The summed E-state index contributed by atoms with van der Waals surface area (Å²) in [6.07, 6.45) is 5.60. The van der Waals surface area contributed by atoms with Crippen LogP contribution in [0.4, 0.5) is 0 Å². The lowest BCUT2D eigenvalue weighted by Crippen LogP contribution is -2.22. The van der Waals surface area contributed by atoms with Gasteiger partial charge in [-0.3, -0.25) is 4.79 Å². The van der Waals surface area contributed by atoms with Crippen molar-refractivity contribution in [3.8, 4) is 0 Å². The lowest BCUT2D eigenvalue weighted by atomic mass is 9.75. The van der Waals surface area contributed by atoms with E-state index in [0.29, 0.717) is 18.6 Å². The molecule has 1 aliphatic rings. The van der Waals surface area contributed by atoms with E-state index in [1.54, 1.807) is 6.08 Å². The van der Waals surface area contributed by atoms with E-state index >= 15 is 0 Å². The van der Waals surface area contributed by atoms with Crippen LogP contribution in [0, 0.1) is 5.41 Å². The van der Waals surface area contributed by atoms with Crippen molar-refractivity contribution in [1.29, 1.82) is 0 Å². The van der Waals surface area contributed by atoms with Gasteiger partial charge in [0.2, 0.25) is 0 Å². The number of carbonyl (C=O) groups excluding carboxylic acids is 1. The second kappa shape index (κ2) is 3.73.